The molecule has 1 rings (SSSR count). The monoisotopic (exact) mass is 146 g/mol. The number of hydrogen-bond acceptors (Lipinski definition) is 0. The van der Waals surface area contributed by atoms with E-state index in [9.17, 15) is 0 Å². The van der Waals surface area contributed by atoms with Crippen molar-refractivity contribution in [2.24, 2.45) is 0 Å². The summed E-state index contributed by atoms with van der Waals surface area (Å²) >= 11 is 0. The Morgan fingerprint density at radius 2 is 2.18 bits per heavy atom. The molecule has 0 fully saturated rings. The van der Waals surface area contributed by atoms with Crippen molar-refractivity contribution in [1.29, 1.82) is 0 Å². The van der Waals surface area contributed by atoms with Crippen molar-refractivity contribution in [3.8, 4) is 0 Å². The molecule has 1 aromatic carbocycles. The zero-order valence-electron chi connectivity index (χ0n) is 7.22. The molecule has 0 heteroatoms. The van der Waals surface area contributed by atoms with Crippen LogP contribution in [0.2, 0.25) is 0 Å². The topological polar surface area (TPSA) is 0 Å². The van der Waals surface area contributed by atoms with E-state index in [-0.39, 0.29) is 0 Å². The molecule has 0 saturated carbocycles. The molecule has 0 aliphatic heterocycles. The summed E-state index contributed by atoms with van der Waals surface area (Å²) in [6, 6.07) is 6.46. The van der Waals surface area contributed by atoms with E-state index in [1.807, 2.05) is 6.08 Å². The highest BCUT2D eigenvalue weighted by molar-refractivity contribution is 5.49. The first-order valence-electron chi connectivity index (χ1n) is 4.00. The van der Waals surface area contributed by atoms with E-state index < -0.39 is 0 Å². The normalized spacial score (nSPS) is 9.64. The summed E-state index contributed by atoms with van der Waals surface area (Å²) in [5, 5.41) is 0. The molecule has 0 nitrogen and oxygen atoms in total. The van der Waals surface area contributed by atoms with Gasteiger partial charge >= 0.3 is 0 Å². The lowest BCUT2D eigenvalue weighted by atomic mass is 10.0. The molecule has 0 unspecified atom stereocenters. The zero-order chi connectivity index (χ0) is 8.27. The molecule has 0 radical (unpaired) electrons. The zero-order valence-corrected chi connectivity index (χ0v) is 7.22. The van der Waals surface area contributed by atoms with Crippen molar-refractivity contribution in [2.45, 2.75) is 20.3 Å². The van der Waals surface area contributed by atoms with Gasteiger partial charge in [-0.05, 0) is 30.0 Å². The third kappa shape index (κ3) is 1.70. The van der Waals surface area contributed by atoms with Gasteiger partial charge in [-0.15, -0.1) is 0 Å². The molecule has 0 bridgehead atoms. The fourth-order valence-corrected chi connectivity index (χ4v) is 1.24. The van der Waals surface area contributed by atoms with Crippen LogP contribution in [0.5, 0.6) is 0 Å². The first-order chi connectivity index (χ1) is 5.27. The first kappa shape index (κ1) is 8.06. The van der Waals surface area contributed by atoms with Crippen LogP contribution in [0.25, 0.3) is 6.08 Å². The fraction of sp³-hybridized carbons (Fsp3) is 0.273. The first-order valence-corrected chi connectivity index (χ1v) is 4.00. The molecule has 0 atom stereocenters. The Bertz CT molecular complexity index is 259. The van der Waals surface area contributed by atoms with Crippen LogP contribution in [0, 0.1) is 6.92 Å². The Hall–Kier alpha value is -1.04. The van der Waals surface area contributed by atoms with Crippen molar-refractivity contribution in [3.05, 3.63) is 41.5 Å². The van der Waals surface area contributed by atoms with Gasteiger partial charge in [0.15, 0.2) is 0 Å². The Labute approximate surface area is 68.6 Å². The van der Waals surface area contributed by atoms with Gasteiger partial charge in [0.2, 0.25) is 0 Å². The summed E-state index contributed by atoms with van der Waals surface area (Å²) in [4.78, 5) is 0. The average molecular weight is 146 g/mol. The van der Waals surface area contributed by atoms with Crippen molar-refractivity contribution in [3.63, 3.8) is 0 Å². The Kier molecular flexibility index (Phi) is 2.48. The molecule has 0 amide bonds. The highest BCUT2D eigenvalue weighted by atomic mass is 14.0. The second kappa shape index (κ2) is 3.38. The predicted molar refractivity (Wildman–Crippen MR) is 50.6 cm³/mol. The van der Waals surface area contributed by atoms with Crippen LogP contribution in [-0.4, -0.2) is 0 Å². The van der Waals surface area contributed by atoms with Crippen molar-refractivity contribution in [1.82, 2.24) is 0 Å². The average Bonchev–Trinajstić information content (AvgIpc) is 2.04. The molecule has 0 spiro atoms. The van der Waals surface area contributed by atoms with Gasteiger partial charge in [-0.3, -0.25) is 0 Å². The number of hydrogen-bond donors (Lipinski definition) is 0. The molecule has 1 aromatic rings. The van der Waals surface area contributed by atoms with E-state index >= 15 is 0 Å². The molecule has 0 N–H and O–H groups in total. The highest BCUT2D eigenvalue weighted by Crippen LogP contribution is 2.11. The summed E-state index contributed by atoms with van der Waals surface area (Å²) in [6.45, 7) is 8.05. The van der Waals surface area contributed by atoms with Gasteiger partial charge in [0.1, 0.15) is 0 Å². The maximum atomic E-state index is 3.73. The smallest absolute Gasteiger partial charge is 0.0260 e. The lowest BCUT2D eigenvalue weighted by molar-refractivity contribution is 1.11. The van der Waals surface area contributed by atoms with E-state index in [4.69, 9.17) is 0 Å². The second-order valence-electron chi connectivity index (χ2n) is 2.74. The van der Waals surface area contributed by atoms with Gasteiger partial charge in [0, 0.05) is 0 Å². The van der Waals surface area contributed by atoms with Crippen LogP contribution >= 0.6 is 0 Å². The minimum absolute atomic E-state index is 1.11. The Morgan fingerprint density at radius 3 is 2.64 bits per heavy atom. The molecule has 0 heterocycles. The number of rotatable bonds is 2. The van der Waals surface area contributed by atoms with Crippen molar-refractivity contribution < 1.29 is 0 Å². The lowest BCUT2D eigenvalue weighted by Gasteiger charge is -2.02. The van der Waals surface area contributed by atoms with Crippen LogP contribution in [-0.2, 0) is 6.42 Å². The lowest BCUT2D eigenvalue weighted by Crippen LogP contribution is -1.85. The quantitative estimate of drug-likeness (QED) is 0.601. The summed E-state index contributed by atoms with van der Waals surface area (Å²) in [6.07, 6.45) is 3.00. The number of benzene rings is 1. The van der Waals surface area contributed by atoms with Crippen molar-refractivity contribution >= 4 is 6.08 Å². The summed E-state index contributed by atoms with van der Waals surface area (Å²) < 4.78 is 0. The molecule has 0 aliphatic rings. The molecule has 0 saturated heterocycles. The van der Waals surface area contributed by atoms with Crippen LogP contribution in [0.4, 0.5) is 0 Å². The van der Waals surface area contributed by atoms with Gasteiger partial charge < -0.3 is 0 Å². The minimum atomic E-state index is 1.11. The Morgan fingerprint density at radius 1 is 1.45 bits per heavy atom. The standard InChI is InChI=1S/C11H14/c1-4-10-6-7-11(5-2)9(3)8-10/h4,6-8H,1,5H2,2-3H3. The van der Waals surface area contributed by atoms with Gasteiger partial charge in [-0.2, -0.15) is 0 Å². The van der Waals surface area contributed by atoms with E-state index in [0.29, 0.717) is 0 Å². The molecular weight excluding hydrogens is 132 g/mol. The van der Waals surface area contributed by atoms with E-state index in [2.05, 4.69) is 38.6 Å². The third-order valence-corrected chi connectivity index (χ3v) is 1.98. The fourth-order valence-electron chi connectivity index (χ4n) is 1.24. The predicted octanol–water partition coefficient (Wildman–Crippen LogP) is 3.20. The van der Waals surface area contributed by atoms with E-state index in [1.54, 1.807) is 0 Å². The maximum absolute atomic E-state index is 3.73. The van der Waals surface area contributed by atoms with E-state index in [1.165, 1.54) is 16.7 Å². The number of aryl methyl sites for hydroxylation is 2. The van der Waals surface area contributed by atoms with Crippen LogP contribution in [0.15, 0.2) is 24.8 Å². The summed E-state index contributed by atoms with van der Waals surface area (Å²) in [5.41, 5.74) is 4.00. The summed E-state index contributed by atoms with van der Waals surface area (Å²) in [7, 11) is 0. The molecule has 0 aromatic heterocycles. The van der Waals surface area contributed by atoms with Crippen LogP contribution in [0.3, 0.4) is 0 Å². The summed E-state index contributed by atoms with van der Waals surface area (Å²) in [5.74, 6) is 0. The van der Waals surface area contributed by atoms with E-state index in [0.717, 1.165) is 6.42 Å². The molecule has 0 aliphatic carbocycles. The van der Waals surface area contributed by atoms with Crippen LogP contribution < -0.4 is 0 Å². The maximum Gasteiger partial charge on any atom is -0.0260 e. The molecule has 11 heavy (non-hydrogen) atoms. The molecular formula is C11H14. The highest BCUT2D eigenvalue weighted by Gasteiger charge is 1.94. The van der Waals surface area contributed by atoms with Gasteiger partial charge in [-0.25, -0.2) is 0 Å². The van der Waals surface area contributed by atoms with Gasteiger partial charge in [0.05, 0.1) is 0 Å². The van der Waals surface area contributed by atoms with Crippen LogP contribution in [0.1, 0.15) is 23.6 Å². The van der Waals surface area contributed by atoms with Gasteiger partial charge in [0.25, 0.3) is 0 Å². The molecule has 58 valence electrons. The largest absolute Gasteiger partial charge is 0.0985 e. The van der Waals surface area contributed by atoms with Gasteiger partial charge in [-0.1, -0.05) is 37.8 Å². The van der Waals surface area contributed by atoms with Crippen molar-refractivity contribution in [2.75, 3.05) is 0 Å². The Balaban J connectivity index is 3.09. The minimum Gasteiger partial charge on any atom is -0.0985 e. The second-order valence-corrected chi connectivity index (χ2v) is 2.74. The SMILES string of the molecule is C=Cc1ccc(CC)c(C)c1. The third-order valence-electron chi connectivity index (χ3n) is 1.98.